The molecule has 0 aromatic carbocycles. The summed E-state index contributed by atoms with van der Waals surface area (Å²) in [7, 11) is -1.77. The molecule has 4 N–H and O–H groups in total. The lowest BCUT2D eigenvalue weighted by atomic mass is 10.4. The minimum absolute atomic E-state index is 0.0273. The van der Waals surface area contributed by atoms with Crippen LogP contribution in [0, 0.1) is 0 Å². The molecule has 2 rings (SSSR count). The van der Waals surface area contributed by atoms with Gasteiger partial charge in [-0.15, -0.1) is 0 Å². The molecule has 0 unspecified atom stereocenters. The van der Waals surface area contributed by atoms with Crippen molar-refractivity contribution in [3.63, 3.8) is 0 Å². The van der Waals surface area contributed by atoms with Gasteiger partial charge in [-0.1, -0.05) is 0 Å². The Balaban J connectivity index is 1.99. The molecule has 18 heavy (non-hydrogen) atoms. The highest BCUT2D eigenvalue weighted by molar-refractivity contribution is 7.89. The Morgan fingerprint density at radius 2 is 2.33 bits per heavy atom. The first-order valence-electron chi connectivity index (χ1n) is 5.25. The van der Waals surface area contributed by atoms with Gasteiger partial charge in [0.15, 0.2) is 0 Å². The third kappa shape index (κ3) is 2.51. The Bertz CT molecular complexity index is 629. The van der Waals surface area contributed by atoms with Gasteiger partial charge in [0.05, 0.1) is 6.20 Å². The van der Waals surface area contributed by atoms with Crippen LogP contribution in [0.3, 0.4) is 0 Å². The lowest BCUT2D eigenvalue weighted by molar-refractivity contribution is 0.580. The van der Waals surface area contributed by atoms with Crippen molar-refractivity contribution in [2.45, 2.75) is 11.3 Å². The summed E-state index contributed by atoms with van der Waals surface area (Å²) in [5.41, 5.74) is 5.46. The predicted octanol–water partition coefficient (Wildman–Crippen LogP) is -0.754. The number of nitrogen functional groups attached to an aromatic ring is 1. The number of rotatable bonds is 5. The van der Waals surface area contributed by atoms with Crippen molar-refractivity contribution in [1.29, 1.82) is 0 Å². The number of anilines is 1. The summed E-state index contributed by atoms with van der Waals surface area (Å²) in [5.74, 6) is 0.831. The molecule has 9 heteroatoms. The quantitative estimate of drug-likeness (QED) is 0.660. The summed E-state index contributed by atoms with van der Waals surface area (Å²) >= 11 is 0. The number of hydrogen-bond donors (Lipinski definition) is 3. The number of aromatic amines is 1. The number of aromatic nitrogens is 4. The first-order chi connectivity index (χ1) is 8.50. The molecule has 0 saturated carbocycles. The molecule has 98 valence electrons. The van der Waals surface area contributed by atoms with E-state index in [0.717, 1.165) is 5.82 Å². The van der Waals surface area contributed by atoms with Gasteiger partial charge >= 0.3 is 0 Å². The van der Waals surface area contributed by atoms with Crippen LogP contribution in [0.4, 0.5) is 5.82 Å². The molecule has 0 radical (unpaired) electrons. The lowest BCUT2D eigenvalue weighted by Gasteiger charge is -2.05. The number of aryl methyl sites for hydroxylation is 1. The van der Waals surface area contributed by atoms with E-state index in [1.807, 2.05) is 11.6 Å². The molecule has 0 aliphatic heterocycles. The number of imidazole rings is 1. The number of sulfonamides is 1. The van der Waals surface area contributed by atoms with E-state index >= 15 is 0 Å². The standard InChI is InChI=1S/C9H14N6O2S/c1-15-5-4-11-8(15)2-3-13-18(16,17)7-6-12-14-9(7)10/h4-6,13H,2-3H2,1H3,(H3,10,12,14). The minimum Gasteiger partial charge on any atom is -0.383 e. The van der Waals surface area contributed by atoms with Gasteiger partial charge in [0.1, 0.15) is 16.5 Å². The number of hydrogen-bond acceptors (Lipinski definition) is 5. The second kappa shape index (κ2) is 4.78. The zero-order chi connectivity index (χ0) is 13.2. The third-order valence-electron chi connectivity index (χ3n) is 2.48. The smallest absolute Gasteiger partial charge is 0.245 e. The maximum Gasteiger partial charge on any atom is 0.245 e. The van der Waals surface area contributed by atoms with Crippen molar-refractivity contribution >= 4 is 15.8 Å². The van der Waals surface area contributed by atoms with Crippen LogP contribution in [0.25, 0.3) is 0 Å². The summed E-state index contributed by atoms with van der Waals surface area (Å²) in [6.07, 6.45) is 5.15. The molecule has 0 saturated heterocycles. The van der Waals surface area contributed by atoms with Crippen LogP contribution in [0.2, 0.25) is 0 Å². The highest BCUT2D eigenvalue weighted by Crippen LogP contribution is 2.13. The number of nitrogens with two attached hydrogens (primary N) is 1. The second-order valence-electron chi connectivity index (χ2n) is 3.75. The zero-order valence-corrected chi connectivity index (χ0v) is 10.6. The fourth-order valence-corrected chi connectivity index (χ4v) is 2.56. The van der Waals surface area contributed by atoms with Crippen molar-refractivity contribution in [2.24, 2.45) is 7.05 Å². The molecule has 0 aliphatic carbocycles. The maximum absolute atomic E-state index is 11.8. The third-order valence-corrected chi connectivity index (χ3v) is 3.97. The van der Waals surface area contributed by atoms with E-state index in [-0.39, 0.29) is 17.3 Å². The van der Waals surface area contributed by atoms with E-state index in [1.165, 1.54) is 6.20 Å². The van der Waals surface area contributed by atoms with Gasteiger partial charge in [-0.3, -0.25) is 5.10 Å². The van der Waals surface area contributed by atoms with Crippen LogP contribution in [-0.4, -0.2) is 34.7 Å². The first-order valence-corrected chi connectivity index (χ1v) is 6.74. The van der Waals surface area contributed by atoms with Crippen LogP contribution in [0.15, 0.2) is 23.5 Å². The van der Waals surface area contributed by atoms with E-state index in [1.54, 1.807) is 12.4 Å². The summed E-state index contributed by atoms with van der Waals surface area (Å²) < 4.78 is 28.0. The second-order valence-corrected chi connectivity index (χ2v) is 5.49. The van der Waals surface area contributed by atoms with Crippen molar-refractivity contribution in [3.05, 3.63) is 24.4 Å². The Hall–Kier alpha value is -1.87. The molecular formula is C9H14N6O2S. The Morgan fingerprint density at radius 3 is 2.89 bits per heavy atom. The highest BCUT2D eigenvalue weighted by atomic mass is 32.2. The largest absolute Gasteiger partial charge is 0.383 e. The molecule has 2 aromatic rings. The number of nitrogens with zero attached hydrogens (tertiary/aromatic N) is 3. The van der Waals surface area contributed by atoms with Gasteiger partial charge in [0, 0.05) is 32.4 Å². The van der Waals surface area contributed by atoms with Crippen LogP contribution in [0.5, 0.6) is 0 Å². The summed E-state index contributed by atoms with van der Waals surface area (Å²) in [6.45, 7) is 0.248. The number of H-pyrrole nitrogens is 1. The van der Waals surface area contributed by atoms with Gasteiger partial charge < -0.3 is 10.3 Å². The summed E-state index contributed by atoms with van der Waals surface area (Å²) in [5, 5.41) is 5.95. The predicted molar refractivity (Wildman–Crippen MR) is 65.1 cm³/mol. The Morgan fingerprint density at radius 1 is 1.56 bits per heavy atom. The molecule has 0 atom stereocenters. The van der Waals surface area contributed by atoms with E-state index in [9.17, 15) is 8.42 Å². The zero-order valence-electron chi connectivity index (χ0n) is 9.79. The van der Waals surface area contributed by atoms with Gasteiger partial charge in [0.2, 0.25) is 10.0 Å². The van der Waals surface area contributed by atoms with Crippen molar-refractivity contribution in [3.8, 4) is 0 Å². The van der Waals surface area contributed by atoms with Crippen LogP contribution in [-0.2, 0) is 23.5 Å². The van der Waals surface area contributed by atoms with Gasteiger partial charge in [0.25, 0.3) is 0 Å². The fourth-order valence-electron chi connectivity index (χ4n) is 1.51. The van der Waals surface area contributed by atoms with E-state index in [2.05, 4.69) is 19.9 Å². The topological polar surface area (TPSA) is 119 Å². The molecule has 0 fully saturated rings. The van der Waals surface area contributed by atoms with Crippen LogP contribution < -0.4 is 10.5 Å². The molecule has 0 bridgehead atoms. The van der Waals surface area contributed by atoms with E-state index in [4.69, 9.17) is 5.73 Å². The Kier molecular flexibility index (Phi) is 3.34. The maximum atomic E-state index is 11.8. The highest BCUT2D eigenvalue weighted by Gasteiger charge is 2.18. The Labute approximate surface area is 104 Å². The number of nitrogens with one attached hydrogen (secondary N) is 2. The normalized spacial score (nSPS) is 11.8. The fraction of sp³-hybridized carbons (Fsp3) is 0.333. The van der Waals surface area contributed by atoms with Crippen molar-refractivity contribution in [2.75, 3.05) is 12.3 Å². The average molecular weight is 270 g/mol. The monoisotopic (exact) mass is 270 g/mol. The minimum atomic E-state index is -3.62. The summed E-state index contributed by atoms with van der Waals surface area (Å²) in [6, 6.07) is 0. The van der Waals surface area contributed by atoms with Gasteiger partial charge in [-0.25, -0.2) is 18.1 Å². The van der Waals surface area contributed by atoms with Crippen molar-refractivity contribution < 1.29 is 8.42 Å². The van der Waals surface area contributed by atoms with Crippen molar-refractivity contribution in [1.82, 2.24) is 24.5 Å². The lowest BCUT2D eigenvalue weighted by Crippen LogP contribution is -2.27. The van der Waals surface area contributed by atoms with Gasteiger partial charge in [-0.05, 0) is 0 Å². The first kappa shape index (κ1) is 12.6. The molecule has 0 spiro atoms. The van der Waals surface area contributed by atoms with Crippen LogP contribution >= 0.6 is 0 Å². The van der Waals surface area contributed by atoms with Gasteiger partial charge in [-0.2, -0.15) is 5.10 Å². The SMILES string of the molecule is Cn1ccnc1CCNS(=O)(=O)c1cn[nH]c1N. The molecule has 2 heterocycles. The van der Waals surface area contributed by atoms with Crippen LogP contribution in [0.1, 0.15) is 5.82 Å². The molecule has 2 aromatic heterocycles. The summed E-state index contributed by atoms with van der Waals surface area (Å²) in [4.78, 5) is 4.06. The van der Waals surface area contributed by atoms with E-state index in [0.29, 0.717) is 6.42 Å². The molecule has 0 amide bonds. The molecule has 8 nitrogen and oxygen atoms in total. The average Bonchev–Trinajstić information content (AvgIpc) is 2.88. The van der Waals surface area contributed by atoms with E-state index < -0.39 is 10.0 Å². The molecular weight excluding hydrogens is 256 g/mol. The molecule has 0 aliphatic rings.